The molecule has 0 aliphatic rings. The molecular weight excluding hydrogens is 234 g/mol. The maximum Gasteiger partial charge on any atom is 0.175 e. The van der Waals surface area contributed by atoms with Crippen LogP contribution < -0.4 is 5.32 Å². The molecular formula is C10H14ClNO2S. The minimum atomic E-state index is -3.21. The fraction of sp³-hybridized carbons (Fsp3) is 0.400. The van der Waals surface area contributed by atoms with E-state index in [1.807, 2.05) is 13.8 Å². The molecule has 3 nitrogen and oxygen atoms in total. The number of sulfone groups is 1. The minimum Gasteiger partial charge on any atom is -0.383 e. The van der Waals surface area contributed by atoms with Gasteiger partial charge in [0.25, 0.3) is 0 Å². The summed E-state index contributed by atoms with van der Waals surface area (Å²) >= 11 is 5.84. The summed E-state index contributed by atoms with van der Waals surface area (Å²) in [5.74, 6) is 0. The predicted molar refractivity (Wildman–Crippen MR) is 63.3 cm³/mol. The van der Waals surface area contributed by atoms with Gasteiger partial charge in [-0.25, -0.2) is 8.42 Å². The monoisotopic (exact) mass is 247 g/mol. The summed E-state index contributed by atoms with van der Waals surface area (Å²) in [6, 6.07) is 4.97. The molecule has 1 aromatic rings. The second-order valence-electron chi connectivity index (χ2n) is 3.75. The molecule has 5 heteroatoms. The lowest BCUT2D eigenvalue weighted by Gasteiger charge is -2.11. The highest BCUT2D eigenvalue weighted by Crippen LogP contribution is 2.22. The number of hydrogen-bond acceptors (Lipinski definition) is 3. The van der Waals surface area contributed by atoms with Crippen LogP contribution in [0.4, 0.5) is 5.69 Å². The van der Waals surface area contributed by atoms with Crippen LogP contribution in [0.15, 0.2) is 23.1 Å². The van der Waals surface area contributed by atoms with Crippen molar-refractivity contribution in [2.75, 3.05) is 11.6 Å². The molecule has 15 heavy (non-hydrogen) atoms. The Bertz CT molecular complexity index is 454. The first-order valence-electron chi connectivity index (χ1n) is 4.56. The van der Waals surface area contributed by atoms with Crippen molar-refractivity contribution < 1.29 is 8.42 Å². The van der Waals surface area contributed by atoms with Gasteiger partial charge in [0.15, 0.2) is 9.84 Å². The van der Waals surface area contributed by atoms with E-state index in [2.05, 4.69) is 5.32 Å². The summed E-state index contributed by atoms with van der Waals surface area (Å²) in [7, 11) is -3.21. The highest BCUT2D eigenvalue weighted by atomic mass is 35.5. The van der Waals surface area contributed by atoms with Gasteiger partial charge in [0.2, 0.25) is 0 Å². The van der Waals surface area contributed by atoms with E-state index >= 15 is 0 Å². The Hall–Kier alpha value is -0.740. The summed E-state index contributed by atoms with van der Waals surface area (Å²) in [5.41, 5.74) is 0.720. The van der Waals surface area contributed by atoms with Crippen LogP contribution in [0.25, 0.3) is 0 Å². The number of anilines is 1. The fourth-order valence-corrected chi connectivity index (χ4v) is 2.18. The number of benzene rings is 1. The van der Waals surface area contributed by atoms with E-state index in [-0.39, 0.29) is 10.9 Å². The van der Waals surface area contributed by atoms with E-state index in [0.29, 0.717) is 5.02 Å². The zero-order valence-electron chi connectivity index (χ0n) is 8.91. The molecule has 0 fully saturated rings. The van der Waals surface area contributed by atoms with Gasteiger partial charge in [0.1, 0.15) is 0 Å². The fourth-order valence-electron chi connectivity index (χ4n) is 1.19. The smallest absolute Gasteiger partial charge is 0.175 e. The average molecular weight is 248 g/mol. The Balaban J connectivity index is 3.17. The van der Waals surface area contributed by atoms with Crippen LogP contribution in [-0.4, -0.2) is 20.7 Å². The maximum atomic E-state index is 11.3. The molecule has 0 aliphatic carbocycles. The van der Waals surface area contributed by atoms with Crippen molar-refractivity contribution in [2.24, 2.45) is 0 Å². The van der Waals surface area contributed by atoms with Gasteiger partial charge >= 0.3 is 0 Å². The first-order valence-corrected chi connectivity index (χ1v) is 6.83. The van der Waals surface area contributed by atoms with Gasteiger partial charge in [-0.15, -0.1) is 0 Å². The van der Waals surface area contributed by atoms with Crippen LogP contribution in [0.1, 0.15) is 13.8 Å². The molecule has 0 bridgehead atoms. The van der Waals surface area contributed by atoms with Crippen LogP contribution in [0.2, 0.25) is 5.02 Å². The zero-order valence-corrected chi connectivity index (χ0v) is 10.5. The molecule has 0 saturated carbocycles. The van der Waals surface area contributed by atoms with Gasteiger partial charge in [-0.3, -0.25) is 0 Å². The zero-order chi connectivity index (χ0) is 11.6. The predicted octanol–water partition coefficient (Wildman–Crippen LogP) is 2.56. The van der Waals surface area contributed by atoms with Crippen molar-refractivity contribution >= 4 is 27.1 Å². The summed E-state index contributed by atoms with van der Waals surface area (Å²) in [6.45, 7) is 3.95. The van der Waals surface area contributed by atoms with Crippen LogP contribution in [0, 0.1) is 0 Å². The number of hydrogen-bond donors (Lipinski definition) is 1. The van der Waals surface area contributed by atoms with Gasteiger partial charge in [0, 0.05) is 23.0 Å². The SMILES string of the molecule is CC(C)Nc1cc(Cl)cc(S(C)(=O)=O)c1. The molecule has 0 unspecified atom stereocenters. The maximum absolute atomic E-state index is 11.3. The van der Waals surface area contributed by atoms with Gasteiger partial charge in [-0.2, -0.15) is 0 Å². The molecule has 0 spiro atoms. The number of rotatable bonds is 3. The molecule has 0 radical (unpaired) electrons. The van der Waals surface area contributed by atoms with Gasteiger partial charge in [0.05, 0.1) is 4.90 Å². The van der Waals surface area contributed by atoms with Gasteiger partial charge in [-0.05, 0) is 32.0 Å². The van der Waals surface area contributed by atoms with Crippen molar-refractivity contribution in [2.45, 2.75) is 24.8 Å². The Morgan fingerprint density at radius 1 is 1.27 bits per heavy atom. The molecule has 1 aromatic carbocycles. The number of nitrogens with one attached hydrogen (secondary N) is 1. The summed E-state index contributed by atoms with van der Waals surface area (Å²) in [6.07, 6.45) is 1.16. The second-order valence-corrected chi connectivity index (χ2v) is 6.20. The molecule has 0 heterocycles. The van der Waals surface area contributed by atoms with Crippen LogP contribution >= 0.6 is 11.6 Å². The van der Waals surface area contributed by atoms with Crippen LogP contribution in [0.3, 0.4) is 0 Å². The average Bonchev–Trinajstić information content (AvgIpc) is 1.99. The van der Waals surface area contributed by atoms with Crippen LogP contribution in [0.5, 0.6) is 0 Å². The Labute approximate surface area is 95.4 Å². The lowest BCUT2D eigenvalue weighted by molar-refractivity contribution is 0.602. The lowest BCUT2D eigenvalue weighted by atomic mass is 10.3. The lowest BCUT2D eigenvalue weighted by Crippen LogP contribution is -2.10. The van der Waals surface area contributed by atoms with Crippen molar-refractivity contribution in [3.05, 3.63) is 23.2 Å². The normalized spacial score (nSPS) is 11.8. The van der Waals surface area contributed by atoms with Crippen molar-refractivity contribution in [3.63, 3.8) is 0 Å². The van der Waals surface area contributed by atoms with Gasteiger partial charge in [-0.1, -0.05) is 11.6 Å². The largest absolute Gasteiger partial charge is 0.383 e. The standard InChI is InChI=1S/C10H14ClNO2S/c1-7(2)12-9-4-8(11)5-10(6-9)15(3,13)14/h4-7,12H,1-3H3. The molecule has 84 valence electrons. The van der Waals surface area contributed by atoms with E-state index < -0.39 is 9.84 Å². The Morgan fingerprint density at radius 3 is 2.33 bits per heavy atom. The molecule has 0 amide bonds. The van der Waals surface area contributed by atoms with E-state index in [0.717, 1.165) is 11.9 Å². The van der Waals surface area contributed by atoms with E-state index in [4.69, 9.17) is 11.6 Å². The quantitative estimate of drug-likeness (QED) is 0.893. The molecule has 0 aromatic heterocycles. The Kier molecular flexibility index (Phi) is 3.62. The Morgan fingerprint density at radius 2 is 1.87 bits per heavy atom. The highest BCUT2D eigenvalue weighted by molar-refractivity contribution is 7.90. The first-order chi connectivity index (χ1) is 6.79. The summed E-state index contributed by atoms with van der Waals surface area (Å²) in [4.78, 5) is 0.234. The van der Waals surface area contributed by atoms with E-state index in [9.17, 15) is 8.42 Å². The van der Waals surface area contributed by atoms with E-state index in [1.165, 1.54) is 6.07 Å². The second kappa shape index (κ2) is 4.41. The van der Waals surface area contributed by atoms with Crippen molar-refractivity contribution in [1.82, 2.24) is 0 Å². The first kappa shape index (κ1) is 12.3. The van der Waals surface area contributed by atoms with E-state index in [1.54, 1.807) is 12.1 Å². The van der Waals surface area contributed by atoms with Gasteiger partial charge < -0.3 is 5.32 Å². The molecule has 1 rings (SSSR count). The highest BCUT2D eigenvalue weighted by Gasteiger charge is 2.09. The summed E-state index contributed by atoms with van der Waals surface area (Å²) < 4.78 is 22.7. The number of halogens is 1. The summed E-state index contributed by atoms with van der Waals surface area (Å²) in [5, 5.41) is 3.53. The van der Waals surface area contributed by atoms with Crippen LogP contribution in [-0.2, 0) is 9.84 Å². The third kappa shape index (κ3) is 3.72. The third-order valence-electron chi connectivity index (χ3n) is 1.75. The molecule has 0 saturated heterocycles. The molecule has 0 atom stereocenters. The van der Waals surface area contributed by atoms with Crippen molar-refractivity contribution in [3.8, 4) is 0 Å². The third-order valence-corrected chi connectivity index (χ3v) is 3.07. The molecule has 0 aliphatic heterocycles. The van der Waals surface area contributed by atoms with Crippen molar-refractivity contribution in [1.29, 1.82) is 0 Å². The topological polar surface area (TPSA) is 46.2 Å². The minimum absolute atomic E-state index is 0.232. The molecule has 1 N–H and O–H groups in total.